The fraction of sp³-hybridized carbons (Fsp3) is 0.278. The van der Waals surface area contributed by atoms with Gasteiger partial charge < -0.3 is 14.9 Å². The maximum absolute atomic E-state index is 12.6. The summed E-state index contributed by atoms with van der Waals surface area (Å²) in [5.41, 5.74) is 1.24. The largest absolute Gasteiger partial charge is 0.387 e. The SMILES string of the molecule is O=C1c2ccccc2C(=O)N1C[C@H]1O[C@@H](n2cnc3c(Cl)ncnc32)[C@H](O)[C@@H]1O. The maximum atomic E-state index is 12.6. The number of carbonyl (C=O) groups is 2. The molecule has 1 saturated heterocycles. The third kappa shape index (κ3) is 2.64. The topological polar surface area (TPSA) is 131 Å². The summed E-state index contributed by atoms with van der Waals surface area (Å²) in [6.45, 7) is -0.205. The van der Waals surface area contributed by atoms with Gasteiger partial charge in [-0.2, -0.15) is 0 Å². The molecule has 148 valence electrons. The van der Waals surface area contributed by atoms with Gasteiger partial charge >= 0.3 is 0 Å². The van der Waals surface area contributed by atoms with Crippen LogP contribution in [0.3, 0.4) is 0 Å². The van der Waals surface area contributed by atoms with Crippen molar-refractivity contribution < 1.29 is 24.5 Å². The molecule has 3 aromatic rings. The molecular weight excluding hydrogens is 402 g/mol. The second kappa shape index (κ2) is 6.56. The Labute approximate surface area is 168 Å². The van der Waals surface area contributed by atoms with Gasteiger partial charge in [0.25, 0.3) is 11.8 Å². The summed E-state index contributed by atoms with van der Waals surface area (Å²) >= 11 is 6.00. The number of amides is 2. The molecule has 5 rings (SSSR count). The number of carbonyl (C=O) groups excluding carboxylic acids is 2. The molecule has 0 aliphatic carbocycles. The summed E-state index contributed by atoms with van der Waals surface area (Å²) in [5.74, 6) is -0.932. The Bertz CT molecular complexity index is 1120. The van der Waals surface area contributed by atoms with Crippen LogP contribution in [0.2, 0.25) is 5.15 Å². The highest BCUT2D eigenvalue weighted by Crippen LogP contribution is 2.34. The fourth-order valence-electron chi connectivity index (χ4n) is 3.70. The van der Waals surface area contributed by atoms with Gasteiger partial charge in [-0.15, -0.1) is 0 Å². The Morgan fingerprint density at radius 1 is 1.03 bits per heavy atom. The molecule has 1 fully saturated rings. The first-order valence-corrected chi connectivity index (χ1v) is 9.15. The molecule has 2 aliphatic rings. The average Bonchev–Trinajstić information content (AvgIpc) is 3.34. The van der Waals surface area contributed by atoms with Crippen molar-refractivity contribution in [2.45, 2.75) is 24.5 Å². The summed E-state index contributed by atoms with van der Waals surface area (Å²) in [4.78, 5) is 38.2. The number of rotatable bonds is 3. The van der Waals surface area contributed by atoms with Crippen molar-refractivity contribution in [1.29, 1.82) is 0 Å². The Balaban J connectivity index is 1.41. The number of ether oxygens (including phenoxy) is 1. The van der Waals surface area contributed by atoms with Crippen LogP contribution in [0.1, 0.15) is 26.9 Å². The lowest BCUT2D eigenvalue weighted by molar-refractivity contribution is -0.0400. The molecule has 2 N–H and O–H groups in total. The predicted octanol–water partition coefficient (Wildman–Crippen LogP) is 0.395. The van der Waals surface area contributed by atoms with Crippen molar-refractivity contribution in [3.05, 3.63) is 53.2 Å². The van der Waals surface area contributed by atoms with Crippen molar-refractivity contribution in [3.8, 4) is 0 Å². The minimum absolute atomic E-state index is 0.143. The van der Waals surface area contributed by atoms with E-state index in [4.69, 9.17) is 16.3 Å². The monoisotopic (exact) mass is 415 g/mol. The summed E-state index contributed by atoms with van der Waals surface area (Å²) < 4.78 is 7.24. The number of nitrogens with zero attached hydrogens (tertiary/aromatic N) is 5. The minimum atomic E-state index is -1.33. The number of aromatic nitrogens is 4. The Morgan fingerprint density at radius 2 is 1.72 bits per heavy atom. The molecule has 0 radical (unpaired) electrons. The van der Waals surface area contributed by atoms with E-state index in [0.29, 0.717) is 22.3 Å². The maximum Gasteiger partial charge on any atom is 0.261 e. The van der Waals surface area contributed by atoms with Gasteiger partial charge in [-0.3, -0.25) is 19.1 Å². The zero-order valence-corrected chi connectivity index (χ0v) is 15.5. The number of fused-ring (bicyclic) bond motifs is 2. The van der Waals surface area contributed by atoms with Gasteiger partial charge in [0, 0.05) is 0 Å². The van der Waals surface area contributed by atoms with Crippen molar-refractivity contribution in [2.75, 3.05) is 6.54 Å². The van der Waals surface area contributed by atoms with Crippen LogP contribution in [0.4, 0.5) is 0 Å². The van der Waals surface area contributed by atoms with Crippen molar-refractivity contribution in [2.24, 2.45) is 0 Å². The van der Waals surface area contributed by atoms with Crippen molar-refractivity contribution >= 4 is 34.6 Å². The molecular formula is C18H14ClN5O5. The van der Waals surface area contributed by atoms with Gasteiger partial charge in [-0.25, -0.2) is 15.0 Å². The van der Waals surface area contributed by atoms with Crippen molar-refractivity contribution in [1.82, 2.24) is 24.4 Å². The molecule has 0 unspecified atom stereocenters. The molecule has 0 bridgehead atoms. The second-order valence-electron chi connectivity index (χ2n) is 6.80. The minimum Gasteiger partial charge on any atom is -0.387 e. The lowest BCUT2D eigenvalue weighted by Gasteiger charge is -2.21. The van der Waals surface area contributed by atoms with E-state index in [-0.39, 0.29) is 11.7 Å². The fourth-order valence-corrected chi connectivity index (χ4v) is 3.88. The standard InChI is InChI=1S/C18H14ClN5O5/c19-14-11-15(21-6-20-14)24(7-22-11)18-13(26)12(25)10(29-18)5-23-16(27)8-3-1-2-4-9(8)17(23)28/h1-4,6-7,10,12-13,18,25-26H,5H2/t10-,12-,13-,18-/m1/s1. The van der Waals surface area contributed by atoms with E-state index >= 15 is 0 Å². The van der Waals surface area contributed by atoms with Crippen molar-refractivity contribution in [3.63, 3.8) is 0 Å². The Hall–Kier alpha value is -2.92. The first-order valence-electron chi connectivity index (χ1n) is 8.77. The molecule has 0 spiro atoms. The van der Waals surface area contributed by atoms with Crippen LogP contribution >= 0.6 is 11.6 Å². The van der Waals surface area contributed by atoms with E-state index < -0.39 is 36.4 Å². The Morgan fingerprint density at radius 3 is 2.41 bits per heavy atom. The van der Waals surface area contributed by atoms with E-state index in [1.54, 1.807) is 24.3 Å². The zero-order chi connectivity index (χ0) is 20.3. The van der Waals surface area contributed by atoms with Gasteiger partial charge in [0.2, 0.25) is 0 Å². The second-order valence-corrected chi connectivity index (χ2v) is 7.16. The summed E-state index contributed by atoms with van der Waals surface area (Å²) in [6.07, 6.45) is -2.07. The average molecular weight is 416 g/mol. The number of hydrogen-bond acceptors (Lipinski definition) is 8. The number of benzene rings is 1. The van der Waals surface area contributed by atoms with Crippen LogP contribution < -0.4 is 0 Å². The van der Waals surface area contributed by atoms with Gasteiger partial charge in [0.05, 0.1) is 24.0 Å². The smallest absolute Gasteiger partial charge is 0.261 e. The third-order valence-corrected chi connectivity index (χ3v) is 5.44. The molecule has 29 heavy (non-hydrogen) atoms. The Kier molecular flexibility index (Phi) is 4.10. The highest BCUT2D eigenvalue weighted by atomic mass is 35.5. The molecule has 0 saturated carbocycles. The number of imidazole rings is 1. The number of imide groups is 1. The number of hydrogen-bond donors (Lipinski definition) is 2. The van der Waals surface area contributed by atoms with E-state index in [2.05, 4.69) is 15.0 Å². The van der Waals surface area contributed by atoms with E-state index in [1.807, 2.05) is 0 Å². The van der Waals surface area contributed by atoms with Crippen LogP contribution in [-0.2, 0) is 4.74 Å². The molecule has 1 aromatic carbocycles. The molecule has 4 atom stereocenters. The van der Waals surface area contributed by atoms with E-state index in [9.17, 15) is 19.8 Å². The quantitative estimate of drug-likeness (QED) is 0.464. The van der Waals surface area contributed by atoms with Gasteiger partial charge in [-0.1, -0.05) is 23.7 Å². The molecule has 2 aromatic heterocycles. The first-order chi connectivity index (χ1) is 14.0. The first kappa shape index (κ1) is 18.1. The highest BCUT2D eigenvalue weighted by molar-refractivity contribution is 6.33. The van der Waals surface area contributed by atoms with Crippen LogP contribution in [0.25, 0.3) is 11.2 Å². The lowest BCUT2D eigenvalue weighted by atomic mass is 10.1. The molecule has 4 heterocycles. The highest BCUT2D eigenvalue weighted by Gasteiger charge is 2.47. The lowest BCUT2D eigenvalue weighted by Crippen LogP contribution is -2.42. The summed E-state index contributed by atoms with van der Waals surface area (Å²) in [7, 11) is 0. The summed E-state index contributed by atoms with van der Waals surface area (Å²) in [6, 6.07) is 6.48. The number of aliphatic hydroxyl groups excluding tert-OH is 2. The zero-order valence-electron chi connectivity index (χ0n) is 14.7. The number of halogens is 1. The van der Waals surface area contributed by atoms with Crippen LogP contribution in [0.5, 0.6) is 0 Å². The molecule has 10 nitrogen and oxygen atoms in total. The van der Waals surface area contributed by atoms with E-state index in [1.165, 1.54) is 17.2 Å². The van der Waals surface area contributed by atoms with Gasteiger partial charge in [-0.05, 0) is 12.1 Å². The van der Waals surface area contributed by atoms with Crippen LogP contribution in [-0.4, -0.2) is 71.3 Å². The van der Waals surface area contributed by atoms with Gasteiger partial charge in [0.1, 0.15) is 30.2 Å². The predicted molar refractivity (Wildman–Crippen MR) is 98.1 cm³/mol. The van der Waals surface area contributed by atoms with Gasteiger partial charge in [0.15, 0.2) is 17.0 Å². The molecule has 2 aliphatic heterocycles. The summed E-state index contributed by atoms with van der Waals surface area (Å²) in [5, 5.41) is 21.1. The third-order valence-electron chi connectivity index (χ3n) is 5.17. The number of aliphatic hydroxyl groups is 2. The normalized spacial score (nSPS) is 26.5. The van der Waals surface area contributed by atoms with Crippen LogP contribution in [0.15, 0.2) is 36.9 Å². The molecule has 2 amide bonds. The molecule has 11 heteroatoms. The van der Waals surface area contributed by atoms with E-state index in [0.717, 1.165) is 4.90 Å². The van der Waals surface area contributed by atoms with Crippen LogP contribution in [0, 0.1) is 0 Å².